The van der Waals surface area contributed by atoms with E-state index in [0.717, 1.165) is 17.8 Å². The van der Waals surface area contributed by atoms with Crippen LogP contribution in [0, 0.1) is 0 Å². The van der Waals surface area contributed by atoms with Crippen LogP contribution in [0.3, 0.4) is 0 Å². The van der Waals surface area contributed by atoms with Crippen molar-refractivity contribution in [2.45, 2.75) is 63.9 Å². The van der Waals surface area contributed by atoms with Crippen LogP contribution in [0.5, 0.6) is 5.75 Å². The predicted octanol–water partition coefficient (Wildman–Crippen LogP) is 1.82. The van der Waals surface area contributed by atoms with Crippen molar-refractivity contribution in [2.75, 3.05) is 12.3 Å². The van der Waals surface area contributed by atoms with Crippen molar-refractivity contribution >= 4 is 30.8 Å². The highest BCUT2D eigenvalue weighted by atomic mass is 31.2. The highest BCUT2D eigenvalue weighted by Crippen LogP contribution is 2.48. The molecule has 0 saturated carbocycles. The maximum atomic E-state index is 15.8. The molecule has 6 atom stereocenters. The number of aromatic nitrogens is 4. The number of imidazole rings is 1. The SMILES string of the molecule is CC(C)OC(=O)C(C)NP(=O)(OC[C@H]1O[C@@H](n2cnc3c(=O)[nH]c(N)nc32)[C@](C)(F)[C@@H]1O)Oc1ccccc1. The number of benzene rings is 1. The van der Waals surface area contributed by atoms with Crippen molar-refractivity contribution in [2.24, 2.45) is 0 Å². The fourth-order valence-electron chi connectivity index (χ4n) is 3.97. The predicted molar refractivity (Wildman–Crippen MR) is 136 cm³/mol. The van der Waals surface area contributed by atoms with Crippen LogP contribution in [0.25, 0.3) is 11.2 Å². The van der Waals surface area contributed by atoms with Crippen LogP contribution in [-0.4, -0.2) is 67.2 Å². The molecule has 1 saturated heterocycles. The summed E-state index contributed by atoms with van der Waals surface area (Å²) in [5.74, 6) is -0.756. The molecule has 2 aromatic heterocycles. The molecule has 212 valence electrons. The second-order valence-electron chi connectivity index (χ2n) is 9.43. The van der Waals surface area contributed by atoms with Crippen molar-refractivity contribution in [3.8, 4) is 5.75 Å². The molecule has 0 amide bonds. The van der Waals surface area contributed by atoms with Crippen LogP contribution in [0.1, 0.15) is 33.9 Å². The summed E-state index contributed by atoms with van der Waals surface area (Å²) in [5.41, 5.74) is 2.40. The number of anilines is 1. The summed E-state index contributed by atoms with van der Waals surface area (Å²) in [5, 5.41) is 13.3. The summed E-state index contributed by atoms with van der Waals surface area (Å²) in [6, 6.07) is 6.93. The van der Waals surface area contributed by atoms with E-state index >= 15 is 4.39 Å². The first-order valence-electron chi connectivity index (χ1n) is 12.0. The van der Waals surface area contributed by atoms with Crippen molar-refractivity contribution in [1.29, 1.82) is 0 Å². The van der Waals surface area contributed by atoms with Gasteiger partial charge in [-0.15, -0.1) is 0 Å². The number of hydrogen-bond acceptors (Lipinski definition) is 11. The second-order valence-corrected chi connectivity index (χ2v) is 11.1. The zero-order valence-corrected chi connectivity index (χ0v) is 22.5. The number of nitrogens with zero attached hydrogens (tertiary/aromatic N) is 3. The van der Waals surface area contributed by atoms with Gasteiger partial charge in [-0.3, -0.25) is 23.7 Å². The van der Waals surface area contributed by atoms with Gasteiger partial charge in [-0.1, -0.05) is 18.2 Å². The molecule has 3 heterocycles. The van der Waals surface area contributed by atoms with Gasteiger partial charge >= 0.3 is 13.7 Å². The van der Waals surface area contributed by atoms with E-state index in [1.807, 2.05) is 0 Å². The first-order chi connectivity index (χ1) is 18.3. The van der Waals surface area contributed by atoms with Gasteiger partial charge in [0.25, 0.3) is 5.56 Å². The molecule has 1 aliphatic rings. The number of rotatable bonds is 10. The van der Waals surface area contributed by atoms with Gasteiger partial charge in [-0.05, 0) is 39.8 Å². The van der Waals surface area contributed by atoms with Crippen LogP contribution in [0.2, 0.25) is 0 Å². The standard InChI is InChI=1S/C23H30FN6O8P/c1-12(2)36-20(33)13(3)29-39(34,38-14-8-6-5-7-9-14)35-10-15-17(31)23(4,24)21(37-15)30-11-26-16-18(30)27-22(25)28-19(16)32/h5-9,11-13,15,17,21,31H,10H2,1-4H3,(H,29,34)(H3,25,27,28,32)/t13?,15-,17-,21-,23-,39?/m1/s1. The number of H-pyrrole nitrogens is 1. The summed E-state index contributed by atoms with van der Waals surface area (Å²) >= 11 is 0. The molecule has 14 nitrogen and oxygen atoms in total. The Kier molecular flexibility index (Phi) is 8.09. The number of ether oxygens (including phenoxy) is 2. The maximum Gasteiger partial charge on any atom is 0.459 e. The average molecular weight is 568 g/mol. The number of fused-ring (bicyclic) bond motifs is 1. The van der Waals surface area contributed by atoms with E-state index in [0.29, 0.717) is 0 Å². The number of carbonyl (C=O) groups is 1. The van der Waals surface area contributed by atoms with E-state index in [1.165, 1.54) is 19.1 Å². The van der Waals surface area contributed by atoms with Gasteiger partial charge in [0, 0.05) is 0 Å². The minimum atomic E-state index is -4.31. The molecule has 5 N–H and O–H groups in total. The van der Waals surface area contributed by atoms with Gasteiger partial charge in [0.05, 0.1) is 19.0 Å². The number of nitrogens with two attached hydrogens (primary N) is 1. The highest BCUT2D eigenvalue weighted by Gasteiger charge is 2.56. The van der Waals surface area contributed by atoms with Gasteiger partial charge in [0.2, 0.25) is 5.95 Å². The number of nitrogen functional groups attached to an aromatic ring is 1. The van der Waals surface area contributed by atoms with E-state index in [1.54, 1.807) is 32.0 Å². The first kappa shape index (κ1) is 28.6. The molecule has 39 heavy (non-hydrogen) atoms. The quantitative estimate of drug-likeness (QED) is 0.205. The van der Waals surface area contributed by atoms with Gasteiger partial charge < -0.3 is 24.8 Å². The molecular formula is C23H30FN6O8P. The fraction of sp³-hybridized carbons (Fsp3) is 0.478. The smallest absolute Gasteiger partial charge is 0.459 e. The van der Waals surface area contributed by atoms with Crippen LogP contribution in [-0.2, 0) is 23.4 Å². The Morgan fingerprint density at radius 1 is 1.36 bits per heavy atom. The summed E-state index contributed by atoms with van der Waals surface area (Å²) in [7, 11) is -4.31. The summed E-state index contributed by atoms with van der Waals surface area (Å²) in [6.07, 6.45) is -3.90. The number of aliphatic hydroxyl groups is 1. The fourth-order valence-corrected chi connectivity index (χ4v) is 5.47. The van der Waals surface area contributed by atoms with Gasteiger partial charge in [-0.2, -0.15) is 10.1 Å². The third-order valence-electron chi connectivity index (χ3n) is 5.86. The van der Waals surface area contributed by atoms with E-state index < -0.39 is 62.1 Å². The molecule has 16 heteroatoms. The molecule has 2 unspecified atom stereocenters. The topological polar surface area (TPSA) is 193 Å². The average Bonchev–Trinajstić information content (AvgIpc) is 3.36. The number of alkyl halides is 1. The lowest BCUT2D eigenvalue weighted by Crippen LogP contribution is -2.41. The van der Waals surface area contributed by atoms with Crippen LogP contribution < -0.4 is 20.9 Å². The largest absolute Gasteiger partial charge is 0.462 e. The molecule has 1 fully saturated rings. The summed E-state index contributed by atoms with van der Waals surface area (Å²) < 4.78 is 52.6. The third kappa shape index (κ3) is 6.12. The van der Waals surface area contributed by atoms with Crippen molar-refractivity contribution in [3.05, 3.63) is 47.0 Å². The Balaban J connectivity index is 1.56. The van der Waals surface area contributed by atoms with E-state index in [2.05, 4.69) is 20.0 Å². The number of aromatic amines is 1. The lowest BCUT2D eigenvalue weighted by Gasteiger charge is -2.25. The molecule has 0 aliphatic carbocycles. The van der Waals surface area contributed by atoms with Gasteiger partial charge in [0.1, 0.15) is 24.0 Å². The van der Waals surface area contributed by atoms with Gasteiger partial charge in [-0.25, -0.2) is 13.9 Å². The number of esters is 1. The first-order valence-corrected chi connectivity index (χ1v) is 13.6. The van der Waals surface area contributed by atoms with Crippen LogP contribution in [0.4, 0.5) is 10.3 Å². The minimum Gasteiger partial charge on any atom is -0.462 e. The van der Waals surface area contributed by atoms with Gasteiger partial charge in [0.15, 0.2) is 23.1 Å². The molecule has 0 spiro atoms. The number of para-hydroxylation sites is 1. The number of aliphatic hydroxyl groups excluding tert-OH is 1. The maximum absolute atomic E-state index is 15.8. The van der Waals surface area contributed by atoms with Crippen LogP contribution in [0.15, 0.2) is 41.5 Å². The zero-order chi connectivity index (χ0) is 28.5. The Labute approximate surface area is 222 Å². The van der Waals surface area contributed by atoms with E-state index in [-0.39, 0.29) is 22.9 Å². The number of nitrogens with one attached hydrogen (secondary N) is 2. The molecule has 3 aromatic rings. The summed E-state index contributed by atoms with van der Waals surface area (Å²) in [4.78, 5) is 34.7. The lowest BCUT2D eigenvalue weighted by molar-refractivity contribution is -0.149. The van der Waals surface area contributed by atoms with E-state index in [4.69, 9.17) is 24.3 Å². The Bertz CT molecular complexity index is 1430. The molecule has 1 aromatic carbocycles. The third-order valence-corrected chi connectivity index (χ3v) is 7.50. The Morgan fingerprint density at radius 2 is 2.05 bits per heavy atom. The molecule has 0 radical (unpaired) electrons. The molecular weight excluding hydrogens is 538 g/mol. The number of carbonyl (C=O) groups excluding carboxylic acids is 1. The van der Waals surface area contributed by atoms with Crippen molar-refractivity contribution < 1.29 is 37.4 Å². The zero-order valence-electron chi connectivity index (χ0n) is 21.6. The molecule has 1 aliphatic heterocycles. The monoisotopic (exact) mass is 568 g/mol. The minimum absolute atomic E-state index is 0.0591. The van der Waals surface area contributed by atoms with E-state index in [9.17, 15) is 19.3 Å². The van der Waals surface area contributed by atoms with Crippen molar-refractivity contribution in [3.63, 3.8) is 0 Å². The lowest BCUT2D eigenvalue weighted by atomic mass is 9.98. The molecule has 4 rings (SSSR count). The molecule has 0 bridgehead atoms. The Morgan fingerprint density at radius 3 is 2.72 bits per heavy atom. The van der Waals surface area contributed by atoms with Crippen molar-refractivity contribution in [1.82, 2.24) is 24.6 Å². The second kappa shape index (κ2) is 11.0. The summed E-state index contributed by atoms with van der Waals surface area (Å²) in [6.45, 7) is 5.22. The number of halogens is 1. The number of hydrogen-bond donors (Lipinski definition) is 4. The normalized spacial score (nSPS) is 25.5. The Hall–Kier alpha value is -3.36. The highest BCUT2D eigenvalue weighted by molar-refractivity contribution is 7.52. The van der Waals surface area contributed by atoms with Crippen LogP contribution >= 0.6 is 7.75 Å².